The van der Waals surface area contributed by atoms with E-state index < -0.39 is 5.97 Å². The fraction of sp³-hybridized carbons (Fsp3) is 0.500. The van der Waals surface area contributed by atoms with Gasteiger partial charge in [-0.1, -0.05) is 11.6 Å². The Hall–Kier alpha value is -1.26. The predicted molar refractivity (Wildman–Crippen MR) is 74.0 cm³/mol. The van der Waals surface area contributed by atoms with E-state index in [4.69, 9.17) is 21.4 Å². The Balaban J connectivity index is 2.42. The lowest BCUT2D eigenvalue weighted by molar-refractivity contribution is -0.141. The first kappa shape index (κ1) is 14.2. The van der Waals surface area contributed by atoms with Gasteiger partial charge in [0.25, 0.3) is 0 Å². The lowest BCUT2D eigenvalue weighted by Crippen LogP contribution is -2.18. The number of methoxy groups -OCH3 is 1. The van der Waals surface area contributed by atoms with Crippen molar-refractivity contribution in [3.63, 3.8) is 0 Å². The van der Waals surface area contributed by atoms with E-state index in [1.165, 1.54) is 0 Å². The summed E-state index contributed by atoms with van der Waals surface area (Å²) in [6.45, 7) is 4.36. The van der Waals surface area contributed by atoms with E-state index in [0.29, 0.717) is 18.0 Å². The molecule has 1 aliphatic rings. The SMILES string of the molecule is COc1c(C)cc(Cl)c(C)c1C1CC(C(=O)O)CN1. The van der Waals surface area contributed by atoms with Crippen molar-refractivity contribution in [3.8, 4) is 5.75 Å². The second-order valence-corrected chi connectivity index (χ2v) is 5.39. The van der Waals surface area contributed by atoms with Crippen LogP contribution in [0.5, 0.6) is 5.75 Å². The van der Waals surface area contributed by atoms with Crippen LogP contribution in [0.1, 0.15) is 29.2 Å². The van der Waals surface area contributed by atoms with E-state index in [1.807, 2.05) is 19.9 Å². The van der Waals surface area contributed by atoms with Crippen LogP contribution in [0.3, 0.4) is 0 Å². The number of carboxylic acid groups (broad SMARTS) is 1. The Morgan fingerprint density at radius 2 is 2.21 bits per heavy atom. The number of carbonyl (C=O) groups is 1. The molecule has 1 fully saturated rings. The highest BCUT2D eigenvalue weighted by Gasteiger charge is 2.33. The van der Waals surface area contributed by atoms with Crippen LogP contribution in [-0.2, 0) is 4.79 Å². The van der Waals surface area contributed by atoms with Gasteiger partial charge in [0.2, 0.25) is 0 Å². The van der Waals surface area contributed by atoms with Gasteiger partial charge in [-0.3, -0.25) is 4.79 Å². The first-order chi connectivity index (χ1) is 8.95. The maximum Gasteiger partial charge on any atom is 0.307 e. The molecule has 1 heterocycles. The minimum absolute atomic E-state index is 0.0200. The second-order valence-electron chi connectivity index (χ2n) is 4.98. The fourth-order valence-corrected chi connectivity index (χ4v) is 2.97. The molecule has 2 N–H and O–H groups in total. The topological polar surface area (TPSA) is 58.6 Å². The standard InChI is InChI=1S/C14H18ClNO3/c1-7-4-10(15)8(2)12(13(7)19-3)11-5-9(6-16-11)14(17)18/h4,9,11,16H,5-6H2,1-3H3,(H,17,18). The minimum atomic E-state index is -0.759. The number of carboxylic acids is 1. The van der Waals surface area contributed by atoms with Gasteiger partial charge in [0.05, 0.1) is 13.0 Å². The molecule has 2 rings (SSSR count). The lowest BCUT2D eigenvalue weighted by Gasteiger charge is -2.20. The average Bonchev–Trinajstić information content (AvgIpc) is 2.82. The summed E-state index contributed by atoms with van der Waals surface area (Å²) in [7, 11) is 1.63. The lowest BCUT2D eigenvalue weighted by atomic mass is 9.94. The van der Waals surface area contributed by atoms with Gasteiger partial charge < -0.3 is 15.2 Å². The van der Waals surface area contributed by atoms with Crippen molar-refractivity contribution >= 4 is 17.6 Å². The van der Waals surface area contributed by atoms with Crippen molar-refractivity contribution in [1.82, 2.24) is 5.32 Å². The molecule has 0 aliphatic carbocycles. The molecule has 0 radical (unpaired) electrons. The monoisotopic (exact) mass is 283 g/mol. The molecule has 0 spiro atoms. The molecule has 2 unspecified atom stereocenters. The zero-order valence-electron chi connectivity index (χ0n) is 11.3. The molecule has 4 nitrogen and oxygen atoms in total. The molecule has 0 saturated carbocycles. The third-order valence-corrected chi connectivity index (χ3v) is 4.13. The number of hydrogen-bond donors (Lipinski definition) is 2. The number of aliphatic carboxylic acids is 1. The molecule has 0 aromatic heterocycles. The van der Waals surface area contributed by atoms with Gasteiger partial charge in [0.1, 0.15) is 5.75 Å². The fourth-order valence-electron chi connectivity index (χ4n) is 2.71. The van der Waals surface area contributed by atoms with Crippen LogP contribution in [0.4, 0.5) is 0 Å². The van der Waals surface area contributed by atoms with Crippen LogP contribution in [-0.4, -0.2) is 24.7 Å². The maximum absolute atomic E-state index is 11.1. The van der Waals surface area contributed by atoms with Crippen molar-refractivity contribution in [2.75, 3.05) is 13.7 Å². The average molecular weight is 284 g/mol. The molecule has 1 aliphatic heterocycles. The normalized spacial score (nSPS) is 22.5. The zero-order chi connectivity index (χ0) is 14.2. The van der Waals surface area contributed by atoms with E-state index in [1.54, 1.807) is 7.11 Å². The van der Waals surface area contributed by atoms with Gasteiger partial charge in [-0.25, -0.2) is 0 Å². The summed E-state index contributed by atoms with van der Waals surface area (Å²) in [5, 5.41) is 13.0. The molecule has 1 saturated heterocycles. The molecule has 104 valence electrons. The van der Waals surface area contributed by atoms with Crippen LogP contribution in [0, 0.1) is 19.8 Å². The van der Waals surface area contributed by atoms with E-state index >= 15 is 0 Å². The highest BCUT2D eigenvalue weighted by molar-refractivity contribution is 6.31. The number of hydrogen-bond acceptors (Lipinski definition) is 3. The van der Waals surface area contributed by atoms with Crippen LogP contribution in [0.25, 0.3) is 0 Å². The molecule has 0 amide bonds. The molecule has 2 atom stereocenters. The maximum atomic E-state index is 11.1. The van der Waals surface area contributed by atoms with Crippen LogP contribution >= 0.6 is 11.6 Å². The van der Waals surface area contributed by atoms with Gasteiger partial charge in [-0.05, 0) is 37.5 Å². The molecule has 0 bridgehead atoms. The molecule has 5 heteroatoms. The van der Waals surface area contributed by atoms with Crippen LogP contribution < -0.4 is 10.1 Å². The van der Waals surface area contributed by atoms with Crippen LogP contribution in [0.2, 0.25) is 5.02 Å². The number of halogens is 1. The summed E-state index contributed by atoms with van der Waals surface area (Å²) >= 11 is 6.23. The summed E-state index contributed by atoms with van der Waals surface area (Å²) in [5.41, 5.74) is 2.90. The Morgan fingerprint density at radius 1 is 1.53 bits per heavy atom. The number of benzene rings is 1. The van der Waals surface area contributed by atoms with E-state index in [2.05, 4.69) is 5.32 Å². The van der Waals surface area contributed by atoms with Crippen molar-refractivity contribution in [1.29, 1.82) is 0 Å². The Kier molecular flexibility index (Phi) is 4.02. The largest absolute Gasteiger partial charge is 0.496 e. The summed E-state index contributed by atoms with van der Waals surface area (Å²) < 4.78 is 5.47. The van der Waals surface area contributed by atoms with Crippen molar-refractivity contribution < 1.29 is 14.6 Å². The van der Waals surface area contributed by atoms with Gasteiger partial charge in [0.15, 0.2) is 0 Å². The molecular weight excluding hydrogens is 266 g/mol. The summed E-state index contributed by atoms with van der Waals surface area (Å²) in [6.07, 6.45) is 0.562. The first-order valence-electron chi connectivity index (χ1n) is 6.25. The van der Waals surface area contributed by atoms with Crippen molar-refractivity contribution in [2.45, 2.75) is 26.3 Å². The quantitative estimate of drug-likeness (QED) is 0.895. The summed E-state index contributed by atoms with van der Waals surface area (Å²) in [6, 6.07) is 1.86. The predicted octanol–water partition coefficient (Wildman–Crippen LogP) is 2.70. The third kappa shape index (κ3) is 2.55. The van der Waals surface area contributed by atoms with Gasteiger partial charge in [0, 0.05) is 23.2 Å². The second kappa shape index (κ2) is 5.39. The highest BCUT2D eigenvalue weighted by atomic mass is 35.5. The number of nitrogens with one attached hydrogen (secondary N) is 1. The smallest absolute Gasteiger partial charge is 0.307 e. The molecular formula is C14H18ClNO3. The van der Waals surface area contributed by atoms with Crippen molar-refractivity contribution in [2.24, 2.45) is 5.92 Å². The van der Waals surface area contributed by atoms with E-state index in [9.17, 15) is 4.79 Å². The highest BCUT2D eigenvalue weighted by Crippen LogP contribution is 2.40. The summed E-state index contributed by atoms with van der Waals surface area (Å²) in [5.74, 6) is -0.316. The third-order valence-electron chi connectivity index (χ3n) is 3.74. The Bertz CT molecular complexity index is 516. The number of rotatable bonds is 3. The van der Waals surface area contributed by atoms with Gasteiger partial charge in [-0.2, -0.15) is 0 Å². The van der Waals surface area contributed by atoms with E-state index in [0.717, 1.165) is 22.4 Å². The molecule has 1 aromatic rings. The minimum Gasteiger partial charge on any atom is -0.496 e. The van der Waals surface area contributed by atoms with E-state index in [-0.39, 0.29) is 12.0 Å². The molecule has 19 heavy (non-hydrogen) atoms. The summed E-state index contributed by atoms with van der Waals surface area (Å²) in [4.78, 5) is 11.1. The number of aryl methyl sites for hydroxylation is 1. The van der Waals surface area contributed by atoms with Gasteiger partial charge >= 0.3 is 5.97 Å². The Labute approximate surface area is 117 Å². The Morgan fingerprint density at radius 3 is 2.74 bits per heavy atom. The first-order valence-corrected chi connectivity index (χ1v) is 6.63. The van der Waals surface area contributed by atoms with Crippen LogP contribution in [0.15, 0.2) is 6.07 Å². The molecule has 1 aromatic carbocycles. The number of ether oxygens (including phenoxy) is 1. The van der Waals surface area contributed by atoms with Gasteiger partial charge in [-0.15, -0.1) is 0 Å². The van der Waals surface area contributed by atoms with Crippen molar-refractivity contribution in [3.05, 3.63) is 27.8 Å². The zero-order valence-corrected chi connectivity index (χ0v) is 12.0.